The van der Waals surface area contributed by atoms with E-state index in [4.69, 9.17) is 0 Å². The van der Waals surface area contributed by atoms with Crippen LogP contribution in [0.2, 0.25) is 0 Å². The summed E-state index contributed by atoms with van der Waals surface area (Å²) in [6.07, 6.45) is 1.06. The average molecular weight is 304 g/mol. The van der Waals surface area contributed by atoms with Gasteiger partial charge in [0.2, 0.25) is 5.82 Å². The van der Waals surface area contributed by atoms with Crippen molar-refractivity contribution in [2.24, 2.45) is 0 Å². The minimum Gasteiger partial charge on any atom is -0.465 e. The first-order chi connectivity index (χ1) is 10.5. The number of nitro groups is 1. The molecule has 1 N–H and O–H groups in total. The van der Waals surface area contributed by atoms with Crippen LogP contribution < -0.4 is 10.5 Å². The number of aromatic nitrogens is 2. The van der Waals surface area contributed by atoms with Crippen LogP contribution in [0.25, 0.3) is 0 Å². The van der Waals surface area contributed by atoms with Crippen molar-refractivity contribution in [3.8, 4) is 0 Å². The molecule has 0 bridgehead atoms. The molecular weight excluding hydrogens is 292 g/mol. The first-order valence-corrected chi connectivity index (χ1v) is 6.10. The van der Waals surface area contributed by atoms with Gasteiger partial charge in [0, 0.05) is 7.05 Å². The maximum atomic E-state index is 11.8. The Kier molecular flexibility index (Phi) is 4.16. The van der Waals surface area contributed by atoms with Gasteiger partial charge in [0.05, 0.1) is 29.6 Å². The number of hydrogen-bond donors (Lipinski definition) is 1. The Bertz CT molecular complexity index is 786. The lowest BCUT2D eigenvalue weighted by atomic mass is 10.1. The van der Waals surface area contributed by atoms with Gasteiger partial charge in [0.25, 0.3) is 0 Å². The number of nitrogens with zero attached hydrogens (tertiary/aromatic N) is 3. The third-order valence-electron chi connectivity index (χ3n) is 2.98. The first kappa shape index (κ1) is 15.2. The van der Waals surface area contributed by atoms with E-state index in [9.17, 15) is 19.7 Å². The van der Waals surface area contributed by atoms with Gasteiger partial charge in [0.15, 0.2) is 0 Å². The minimum absolute atomic E-state index is 0.176. The molecule has 0 radical (unpaired) electrons. The van der Waals surface area contributed by atoms with Gasteiger partial charge in [-0.3, -0.25) is 14.9 Å². The lowest BCUT2D eigenvalue weighted by Gasteiger charge is -2.19. The molecule has 0 unspecified atom stereocenters. The highest BCUT2D eigenvalue weighted by Gasteiger charge is 2.26. The lowest BCUT2D eigenvalue weighted by molar-refractivity contribution is -0.385. The molecule has 1 aromatic carbocycles. The van der Waals surface area contributed by atoms with E-state index in [1.807, 2.05) is 0 Å². The van der Waals surface area contributed by atoms with Crippen molar-refractivity contribution in [2.75, 3.05) is 19.1 Å². The first-order valence-electron chi connectivity index (χ1n) is 6.10. The fraction of sp³-hybridized carbons (Fsp3) is 0.154. The number of rotatable bonds is 4. The Balaban J connectivity index is 2.62. The van der Waals surface area contributed by atoms with E-state index in [2.05, 4.69) is 14.7 Å². The number of nitrogens with one attached hydrogen (secondary N) is 1. The number of aromatic amines is 1. The SMILES string of the molecule is COC(=O)c1ccccc1N(C)c1nc[nH]c(=O)c1[N+](=O)[O-]. The second kappa shape index (κ2) is 6.04. The van der Waals surface area contributed by atoms with Crippen LogP contribution in [0.1, 0.15) is 10.4 Å². The number of methoxy groups -OCH3 is 1. The number of anilines is 2. The summed E-state index contributed by atoms with van der Waals surface area (Å²) in [4.78, 5) is 41.0. The van der Waals surface area contributed by atoms with E-state index in [1.165, 1.54) is 25.1 Å². The number of ether oxygens (including phenoxy) is 1. The second-order valence-electron chi connectivity index (χ2n) is 4.23. The monoisotopic (exact) mass is 304 g/mol. The molecule has 2 rings (SSSR count). The number of para-hydroxylation sites is 1. The number of benzene rings is 1. The summed E-state index contributed by atoms with van der Waals surface area (Å²) >= 11 is 0. The third-order valence-corrected chi connectivity index (χ3v) is 2.98. The van der Waals surface area contributed by atoms with Crippen molar-refractivity contribution in [1.29, 1.82) is 0 Å². The van der Waals surface area contributed by atoms with Crippen LogP contribution in [-0.4, -0.2) is 35.0 Å². The third kappa shape index (κ3) is 2.64. The molecule has 0 fully saturated rings. The van der Waals surface area contributed by atoms with Crippen LogP contribution in [0, 0.1) is 10.1 Å². The fourth-order valence-corrected chi connectivity index (χ4v) is 1.96. The number of esters is 1. The molecule has 22 heavy (non-hydrogen) atoms. The standard InChI is InChI=1S/C13H12N4O5/c1-16(9-6-4-3-5-8(9)13(19)22-2)11-10(17(20)21)12(18)15-7-14-11/h3-7H,1-2H3,(H,14,15,18). The molecule has 0 saturated carbocycles. The van der Waals surface area contributed by atoms with Crippen LogP contribution in [0.4, 0.5) is 17.2 Å². The zero-order valence-corrected chi connectivity index (χ0v) is 11.8. The molecule has 2 aromatic rings. The molecule has 1 heterocycles. The molecule has 0 saturated heterocycles. The number of carbonyl (C=O) groups is 1. The van der Waals surface area contributed by atoms with Gasteiger partial charge in [0.1, 0.15) is 0 Å². The Labute approximate surface area is 124 Å². The predicted molar refractivity (Wildman–Crippen MR) is 77.4 cm³/mol. The molecule has 9 heteroatoms. The smallest absolute Gasteiger partial charge is 0.376 e. The van der Waals surface area contributed by atoms with Crippen molar-refractivity contribution in [3.05, 3.63) is 56.6 Å². The van der Waals surface area contributed by atoms with E-state index in [0.717, 1.165) is 6.33 Å². The maximum Gasteiger partial charge on any atom is 0.376 e. The largest absolute Gasteiger partial charge is 0.465 e. The Morgan fingerprint density at radius 3 is 2.73 bits per heavy atom. The molecule has 0 aliphatic carbocycles. The van der Waals surface area contributed by atoms with Crippen LogP contribution in [0.5, 0.6) is 0 Å². The van der Waals surface area contributed by atoms with Gasteiger partial charge in [-0.25, -0.2) is 9.78 Å². The Morgan fingerprint density at radius 1 is 1.41 bits per heavy atom. The Morgan fingerprint density at radius 2 is 2.09 bits per heavy atom. The van der Waals surface area contributed by atoms with Gasteiger partial charge in [-0.05, 0) is 12.1 Å². The quantitative estimate of drug-likeness (QED) is 0.512. The van der Waals surface area contributed by atoms with Crippen LogP contribution in [0.3, 0.4) is 0 Å². The van der Waals surface area contributed by atoms with Crippen molar-refractivity contribution < 1.29 is 14.5 Å². The van der Waals surface area contributed by atoms with Gasteiger partial charge in [-0.15, -0.1) is 0 Å². The summed E-state index contributed by atoms with van der Waals surface area (Å²) in [5, 5.41) is 11.1. The normalized spacial score (nSPS) is 10.1. The highest BCUT2D eigenvalue weighted by atomic mass is 16.6. The van der Waals surface area contributed by atoms with E-state index in [0.29, 0.717) is 5.69 Å². The number of H-pyrrole nitrogens is 1. The van der Waals surface area contributed by atoms with E-state index in [-0.39, 0.29) is 11.4 Å². The van der Waals surface area contributed by atoms with E-state index >= 15 is 0 Å². The predicted octanol–water partition coefficient (Wildman–Crippen LogP) is 1.23. The lowest BCUT2D eigenvalue weighted by Crippen LogP contribution is -2.22. The molecular formula is C13H12N4O5. The van der Waals surface area contributed by atoms with Crippen LogP contribution >= 0.6 is 0 Å². The van der Waals surface area contributed by atoms with Gasteiger partial charge >= 0.3 is 17.2 Å². The van der Waals surface area contributed by atoms with Gasteiger partial charge < -0.3 is 14.6 Å². The van der Waals surface area contributed by atoms with Gasteiger partial charge in [-0.2, -0.15) is 0 Å². The zero-order valence-electron chi connectivity index (χ0n) is 11.8. The van der Waals surface area contributed by atoms with Crippen LogP contribution in [-0.2, 0) is 4.74 Å². The highest BCUT2D eigenvalue weighted by molar-refractivity contribution is 5.96. The summed E-state index contributed by atoms with van der Waals surface area (Å²) in [5.41, 5.74) is -1.05. The number of hydrogen-bond acceptors (Lipinski definition) is 7. The molecule has 0 spiro atoms. The van der Waals surface area contributed by atoms with Gasteiger partial charge in [-0.1, -0.05) is 12.1 Å². The van der Waals surface area contributed by atoms with Crippen molar-refractivity contribution in [1.82, 2.24) is 9.97 Å². The Hall–Kier alpha value is -3.23. The maximum absolute atomic E-state index is 11.8. The molecule has 0 aliphatic rings. The van der Waals surface area contributed by atoms with Crippen molar-refractivity contribution in [2.45, 2.75) is 0 Å². The van der Waals surface area contributed by atoms with Crippen LogP contribution in [0.15, 0.2) is 35.4 Å². The highest BCUT2D eigenvalue weighted by Crippen LogP contribution is 2.29. The second-order valence-corrected chi connectivity index (χ2v) is 4.23. The molecule has 0 atom stereocenters. The summed E-state index contributed by atoms with van der Waals surface area (Å²) in [5.74, 6) is -0.778. The van der Waals surface area contributed by atoms with E-state index < -0.39 is 22.1 Å². The average Bonchev–Trinajstić information content (AvgIpc) is 2.52. The molecule has 1 aromatic heterocycles. The zero-order chi connectivity index (χ0) is 16.3. The molecule has 0 amide bonds. The summed E-state index contributed by atoms with van der Waals surface area (Å²) in [7, 11) is 2.70. The summed E-state index contributed by atoms with van der Waals surface area (Å²) < 4.78 is 4.68. The molecule has 0 aliphatic heterocycles. The number of carbonyl (C=O) groups excluding carboxylic acids is 1. The molecule has 9 nitrogen and oxygen atoms in total. The molecule has 114 valence electrons. The fourth-order valence-electron chi connectivity index (χ4n) is 1.96. The van der Waals surface area contributed by atoms with Crippen molar-refractivity contribution >= 4 is 23.2 Å². The van der Waals surface area contributed by atoms with E-state index in [1.54, 1.807) is 18.2 Å². The topological polar surface area (TPSA) is 118 Å². The summed E-state index contributed by atoms with van der Waals surface area (Å²) in [6, 6.07) is 6.36. The van der Waals surface area contributed by atoms with Crippen molar-refractivity contribution in [3.63, 3.8) is 0 Å². The minimum atomic E-state index is -0.877. The summed E-state index contributed by atoms with van der Waals surface area (Å²) in [6.45, 7) is 0.